The summed E-state index contributed by atoms with van der Waals surface area (Å²) in [5, 5.41) is 0. The standard InChI is InChI=1S/C8H4O3.CH3.Y/c9-7-5-3-1-2-4-6(5)8(10)11-7;;/h1-4H;1H3;/q;-1;. The van der Waals surface area contributed by atoms with E-state index < -0.39 is 11.9 Å². The van der Waals surface area contributed by atoms with Gasteiger partial charge in [0, 0.05) is 32.7 Å². The summed E-state index contributed by atoms with van der Waals surface area (Å²) in [5.41, 5.74) is 0.718. The third-order valence-electron chi connectivity index (χ3n) is 1.55. The number of benzene rings is 1. The number of hydrogen-bond donors (Lipinski definition) is 0. The first-order valence-electron chi connectivity index (χ1n) is 3.14. The van der Waals surface area contributed by atoms with Crippen LogP contribution in [0.1, 0.15) is 20.7 Å². The number of carbonyl (C=O) groups excluding carboxylic acids is 2. The second kappa shape index (κ2) is 4.63. The fraction of sp³-hybridized carbons (Fsp3) is 0. The summed E-state index contributed by atoms with van der Waals surface area (Å²) in [4.78, 5) is 21.7. The Bertz CT molecular complexity index is 313. The molecule has 1 heterocycles. The Morgan fingerprint density at radius 3 is 1.69 bits per heavy atom. The van der Waals surface area contributed by atoms with E-state index in [9.17, 15) is 9.59 Å². The zero-order valence-corrected chi connectivity index (χ0v) is 9.95. The number of esters is 2. The Kier molecular flexibility index (Phi) is 4.44. The van der Waals surface area contributed by atoms with Crippen molar-refractivity contribution < 1.29 is 47.0 Å². The average Bonchev–Trinajstić information content (AvgIpc) is 2.30. The van der Waals surface area contributed by atoms with Crippen LogP contribution in [-0.2, 0) is 37.4 Å². The largest absolute Gasteiger partial charge is 0.386 e. The maximum absolute atomic E-state index is 10.8. The average molecular weight is 252 g/mol. The van der Waals surface area contributed by atoms with Gasteiger partial charge in [-0.15, -0.1) is 0 Å². The molecule has 0 N–H and O–H groups in total. The van der Waals surface area contributed by atoms with Crippen molar-refractivity contribution in [2.24, 2.45) is 0 Å². The van der Waals surface area contributed by atoms with E-state index in [0.29, 0.717) is 11.1 Å². The molecule has 0 unspecified atom stereocenters. The van der Waals surface area contributed by atoms with E-state index in [2.05, 4.69) is 4.74 Å². The molecular weight excluding hydrogens is 245 g/mol. The quantitative estimate of drug-likeness (QED) is 0.398. The first kappa shape index (κ1) is 12.5. The van der Waals surface area contributed by atoms with E-state index in [4.69, 9.17) is 0 Å². The van der Waals surface area contributed by atoms with Crippen molar-refractivity contribution in [1.29, 1.82) is 0 Å². The number of rotatable bonds is 0. The SMILES string of the molecule is O=C1OC(=O)c2ccccc21.[CH3-].[Y]. The van der Waals surface area contributed by atoms with Gasteiger partial charge in [-0.2, -0.15) is 0 Å². The Labute approximate surface area is 101 Å². The van der Waals surface area contributed by atoms with Gasteiger partial charge in [0.15, 0.2) is 0 Å². The smallest absolute Gasteiger partial charge is 0.346 e. The second-order valence-corrected chi connectivity index (χ2v) is 2.22. The van der Waals surface area contributed by atoms with Gasteiger partial charge in [0.25, 0.3) is 0 Å². The van der Waals surface area contributed by atoms with Crippen molar-refractivity contribution in [3.05, 3.63) is 42.8 Å². The van der Waals surface area contributed by atoms with E-state index in [1.807, 2.05) is 0 Å². The molecule has 0 amide bonds. The summed E-state index contributed by atoms with van der Waals surface area (Å²) in [6.07, 6.45) is 0. The summed E-state index contributed by atoms with van der Waals surface area (Å²) < 4.78 is 4.35. The molecule has 0 bridgehead atoms. The Balaban J connectivity index is 0.000000720. The summed E-state index contributed by atoms with van der Waals surface area (Å²) in [6.45, 7) is 0. The maximum Gasteiger partial charge on any atom is 0.346 e. The number of hydrogen-bond acceptors (Lipinski definition) is 3. The van der Waals surface area contributed by atoms with Gasteiger partial charge in [0.1, 0.15) is 0 Å². The molecule has 2 rings (SSSR count). The van der Waals surface area contributed by atoms with Crippen molar-refractivity contribution in [1.82, 2.24) is 0 Å². The molecule has 1 aliphatic heterocycles. The van der Waals surface area contributed by atoms with Gasteiger partial charge in [-0.3, -0.25) is 0 Å². The van der Waals surface area contributed by atoms with Crippen LogP contribution < -0.4 is 0 Å². The van der Waals surface area contributed by atoms with E-state index in [0.717, 1.165) is 0 Å². The molecule has 0 aliphatic carbocycles. The van der Waals surface area contributed by atoms with Gasteiger partial charge in [0.2, 0.25) is 0 Å². The third kappa shape index (κ3) is 2.03. The van der Waals surface area contributed by atoms with Crippen molar-refractivity contribution in [3.8, 4) is 0 Å². The summed E-state index contributed by atoms with van der Waals surface area (Å²) in [7, 11) is 0. The number of carbonyl (C=O) groups is 2. The molecule has 0 aromatic heterocycles. The van der Waals surface area contributed by atoms with Crippen LogP contribution in [0, 0.1) is 7.43 Å². The van der Waals surface area contributed by atoms with Crippen LogP contribution in [0.25, 0.3) is 0 Å². The Morgan fingerprint density at radius 2 is 1.31 bits per heavy atom. The fourth-order valence-corrected chi connectivity index (χ4v) is 1.03. The Hall–Kier alpha value is -0.536. The molecule has 1 aromatic rings. The molecule has 0 fully saturated rings. The van der Waals surface area contributed by atoms with Crippen LogP contribution in [0.2, 0.25) is 0 Å². The van der Waals surface area contributed by atoms with Crippen LogP contribution in [0.4, 0.5) is 0 Å². The predicted octanol–water partition coefficient (Wildman–Crippen LogP) is 1.44. The normalized spacial score (nSPS) is 12.3. The van der Waals surface area contributed by atoms with Gasteiger partial charge >= 0.3 is 11.9 Å². The second-order valence-electron chi connectivity index (χ2n) is 2.22. The molecule has 0 saturated carbocycles. The van der Waals surface area contributed by atoms with Crippen LogP contribution in [-0.4, -0.2) is 11.9 Å². The number of fused-ring (bicyclic) bond motifs is 1. The van der Waals surface area contributed by atoms with Crippen LogP contribution in [0.5, 0.6) is 0 Å². The zero-order valence-electron chi connectivity index (χ0n) is 7.11. The van der Waals surface area contributed by atoms with E-state index in [1.54, 1.807) is 24.3 Å². The summed E-state index contributed by atoms with van der Waals surface area (Å²) >= 11 is 0. The van der Waals surface area contributed by atoms with Crippen LogP contribution in [0.15, 0.2) is 24.3 Å². The fourth-order valence-electron chi connectivity index (χ4n) is 1.03. The molecule has 13 heavy (non-hydrogen) atoms. The van der Waals surface area contributed by atoms with E-state index >= 15 is 0 Å². The van der Waals surface area contributed by atoms with Gasteiger partial charge in [-0.1, -0.05) is 12.1 Å². The first-order chi connectivity index (χ1) is 5.29. The van der Waals surface area contributed by atoms with Crippen LogP contribution >= 0.6 is 0 Å². The zero-order chi connectivity index (χ0) is 7.84. The molecule has 0 atom stereocenters. The molecule has 0 saturated heterocycles. The minimum atomic E-state index is -0.550. The Morgan fingerprint density at radius 1 is 0.923 bits per heavy atom. The van der Waals surface area contributed by atoms with Crippen molar-refractivity contribution in [2.75, 3.05) is 0 Å². The number of ether oxygens (including phenoxy) is 1. The molecule has 1 aliphatic rings. The summed E-state index contributed by atoms with van der Waals surface area (Å²) in [6, 6.07) is 6.53. The maximum atomic E-state index is 10.8. The minimum absolute atomic E-state index is 0. The molecule has 0 spiro atoms. The molecule has 4 heteroatoms. The molecule has 65 valence electrons. The van der Waals surface area contributed by atoms with Crippen molar-refractivity contribution in [2.45, 2.75) is 0 Å². The molecule has 1 aromatic carbocycles. The minimum Gasteiger partial charge on any atom is -0.386 e. The molecule has 3 nitrogen and oxygen atoms in total. The van der Waals surface area contributed by atoms with Crippen molar-refractivity contribution in [3.63, 3.8) is 0 Å². The molecular formula is C9H7O3Y-. The van der Waals surface area contributed by atoms with Gasteiger partial charge in [-0.05, 0) is 12.1 Å². The van der Waals surface area contributed by atoms with Crippen LogP contribution in [0.3, 0.4) is 0 Å². The van der Waals surface area contributed by atoms with Gasteiger partial charge < -0.3 is 12.2 Å². The topological polar surface area (TPSA) is 43.4 Å². The van der Waals surface area contributed by atoms with E-state index in [-0.39, 0.29) is 40.1 Å². The van der Waals surface area contributed by atoms with Gasteiger partial charge in [-0.25, -0.2) is 9.59 Å². The van der Waals surface area contributed by atoms with Crippen molar-refractivity contribution >= 4 is 11.9 Å². The predicted molar refractivity (Wildman–Crippen MR) is 42.6 cm³/mol. The van der Waals surface area contributed by atoms with Gasteiger partial charge in [0.05, 0.1) is 11.1 Å². The molecule has 1 radical (unpaired) electrons. The first-order valence-corrected chi connectivity index (χ1v) is 3.14. The van der Waals surface area contributed by atoms with E-state index in [1.165, 1.54) is 0 Å². The monoisotopic (exact) mass is 252 g/mol. The number of cyclic esters (lactones) is 2. The third-order valence-corrected chi connectivity index (χ3v) is 1.55. The summed E-state index contributed by atoms with van der Waals surface area (Å²) in [5.74, 6) is -1.10.